The number of hydrogen-bond acceptors (Lipinski definition) is 4. The normalized spacial score (nSPS) is 31.0. The van der Waals surface area contributed by atoms with Gasteiger partial charge >= 0.3 is 0 Å². The summed E-state index contributed by atoms with van der Waals surface area (Å²) >= 11 is 0. The lowest BCUT2D eigenvalue weighted by Crippen LogP contribution is -2.52. The zero-order valence-corrected chi connectivity index (χ0v) is 16.5. The summed E-state index contributed by atoms with van der Waals surface area (Å²) in [7, 11) is 4.42. The van der Waals surface area contributed by atoms with Crippen molar-refractivity contribution in [1.29, 1.82) is 0 Å². The van der Waals surface area contributed by atoms with Crippen LogP contribution in [-0.2, 0) is 0 Å². The van der Waals surface area contributed by atoms with Crippen LogP contribution in [0.3, 0.4) is 0 Å². The minimum Gasteiger partial charge on any atom is -0.357 e. The van der Waals surface area contributed by atoms with Crippen molar-refractivity contribution in [2.45, 2.75) is 45.8 Å². The van der Waals surface area contributed by atoms with E-state index in [-0.39, 0.29) is 0 Å². The summed E-state index contributed by atoms with van der Waals surface area (Å²) in [5.41, 5.74) is 0. The Hall–Kier alpha value is -0.850. The standard InChI is InChI=1S/C18H38N6/c1-7-19-18(20-10-16-12-22(5)8-9-23(16)6)21-17-13-24(14(2)3)11-15(17)4/h14-17H,7-13H2,1-6H3,(H2,19,20,21). The van der Waals surface area contributed by atoms with Gasteiger partial charge in [0.2, 0.25) is 0 Å². The summed E-state index contributed by atoms with van der Waals surface area (Å²) in [6.45, 7) is 16.5. The molecule has 24 heavy (non-hydrogen) atoms. The summed E-state index contributed by atoms with van der Waals surface area (Å²) in [6.07, 6.45) is 0. The van der Waals surface area contributed by atoms with E-state index in [9.17, 15) is 0 Å². The van der Waals surface area contributed by atoms with Crippen LogP contribution in [0.1, 0.15) is 27.7 Å². The Morgan fingerprint density at radius 1 is 1.17 bits per heavy atom. The topological polar surface area (TPSA) is 46.1 Å². The highest BCUT2D eigenvalue weighted by atomic mass is 15.3. The van der Waals surface area contributed by atoms with Crippen molar-refractivity contribution in [1.82, 2.24) is 25.3 Å². The van der Waals surface area contributed by atoms with Gasteiger partial charge in [0, 0.05) is 57.4 Å². The number of nitrogens with zero attached hydrogens (tertiary/aromatic N) is 4. The van der Waals surface area contributed by atoms with Crippen LogP contribution >= 0.6 is 0 Å². The first kappa shape index (κ1) is 19.5. The third-order valence-electron chi connectivity index (χ3n) is 5.48. The van der Waals surface area contributed by atoms with Gasteiger partial charge in [-0.1, -0.05) is 6.92 Å². The number of guanidine groups is 1. The number of hydrogen-bond donors (Lipinski definition) is 2. The second-order valence-corrected chi connectivity index (χ2v) is 7.89. The van der Waals surface area contributed by atoms with Crippen molar-refractivity contribution in [2.24, 2.45) is 10.9 Å². The molecule has 2 aliphatic rings. The smallest absolute Gasteiger partial charge is 0.191 e. The van der Waals surface area contributed by atoms with E-state index < -0.39 is 0 Å². The monoisotopic (exact) mass is 338 g/mol. The highest BCUT2D eigenvalue weighted by molar-refractivity contribution is 5.80. The first-order valence-electron chi connectivity index (χ1n) is 9.58. The van der Waals surface area contributed by atoms with Gasteiger partial charge in [0.1, 0.15) is 0 Å². The van der Waals surface area contributed by atoms with Crippen molar-refractivity contribution in [3.05, 3.63) is 0 Å². The zero-order chi connectivity index (χ0) is 17.7. The lowest BCUT2D eigenvalue weighted by Gasteiger charge is -2.37. The van der Waals surface area contributed by atoms with Crippen molar-refractivity contribution in [2.75, 3.05) is 59.9 Å². The fourth-order valence-corrected chi connectivity index (χ4v) is 3.60. The second kappa shape index (κ2) is 9.02. The first-order valence-corrected chi connectivity index (χ1v) is 9.58. The number of likely N-dealkylation sites (N-methyl/N-ethyl adjacent to an activating group) is 2. The number of nitrogens with one attached hydrogen (secondary N) is 2. The molecule has 2 fully saturated rings. The van der Waals surface area contributed by atoms with E-state index in [2.05, 4.69) is 67.1 Å². The lowest BCUT2D eigenvalue weighted by molar-refractivity contribution is 0.119. The summed E-state index contributed by atoms with van der Waals surface area (Å²) in [6, 6.07) is 1.61. The summed E-state index contributed by atoms with van der Waals surface area (Å²) in [5.74, 6) is 1.63. The molecule has 2 N–H and O–H groups in total. The van der Waals surface area contributed by atoms with Crippen LogP contribution in [0.15, 0.2) is 4.99 Å². The Morgan fingerprint density at radius 2 is 1.92 bits per heavy atom. The molecule has 3 unspecified atom stereocenters. The average Bonchev–Trinajstić information content (AvgIpc) is 2.89. The predicted molar refractivity (Wildman–Crippen MR) is 103 cm³/mol. The molecule has 6 nitrogen and oxygen atoms in total. The van der Waals surface area contributed by atoms with E-state index in [4.69, 9.17) is 4.99 Å². The quantitative estimate of drug-likeness (QED) is 0.565. The van der Waals surface area contributed by atoms with Gasteiger partial charge in [-0.05, 0) is 40.8 Å². The van der Waals surface area contributed by atoms with Gasteiger partial charge in [0.15, 0.2) is 5.96 Å². The maximum atomic E-state index is 4.90. The molecule has 2 heterocycles. The van der Waals surface area contributed by atoms with Gasteiger partial charge in [-0.25, -0.2) is 0 Å². The van der Waals surface area contributed by atoms with E-state index in [1.54, 1.807) is 0 Å². The maximum Gasteiger partial charge on any atom is 0.191 e. The average molecular weight is 339 g/mol. The molecule has 2 saturated heterocycles. The Morgan fingerprint density at radius 3 is 2.54 bits per heavy atom. The summed E-state index contributed by atoms with van der Waals surface area (Å²) in [4.78, 5) is 12.3. The minimum absolute atomic E-state index is 0.483. The molecule has 0 saturated carbocycles. The largest absolute Gasteiger partial charge is 0.357 e. The fraction of sp³-hybridized carbons (Fsp3) is 0.944. The predicted octanol–water partition coefficient (Wildman–Crippen LogP) is 0.516. The fourth-order valence-electron chi connectivity index (χ4n) is 3.60. The van der Waals surface area contributed by atoms with Crippen LogP contribution in [-0.4, -0.2) is 98.7 Å². The molecule has 140 valence electrons. The van der Waals surface area contributed by atoms with Crippen molar-refractivity contribution >= 4 is 5.96 Å². The van der Waals surface area contributed by atoms with E-state index in [1.165, 1.54) is 6.54 Å². The van der Waals surface area contributed by atoms with Crippen molar-refractivity contribution in [3.63, 3.8) is 0 Å². The van der Waals surface area contributed by atoms with E-state index in [0.29, 0.717) is 24.0 Å². The maximum absolute atomic E-state index is 4.90. The summed E-state index contributed by atoms with van der Waals surface area (Å²) < 4.78 is 0. The molecule has 0 spiro atoms. The molecule has 2 rings (SSSR count). The molecule has 2 aliphatic heterocycles. The van der Waals surface area contributed by atoms with E-state index in [0.717, 1.165) is 45.2 Å². The first-order chi connectivity index (χ1) is 11.4. The Kier molecular flexibility index (Phi) is 7.32. The molecular weight excluding hydrogens is 300 g/mol. The Labute approximate surface area is 148 Å². The molecule has 3 atom stereocenters. The van der Waals surface area contributed by atoms with Gasteiger partial charge in [-0.3, -0.25) is 14.8 Å². The zero-order valence-electron chi connectivity index (χ0n) is 16.5. The van der Waals surface area contributed by atoms with E-state index >= 15 is 0 Å². The van der Waals surface area contributed by atoms with Crippen LogP contribution < -0.4 is 10.6 Å². The number of rotatable bonds is 5. The van der Waals surface area contributed by atoms with Crippen LogP contribution in [0.2, 0.25) is 0 Å². The van der Waals surface area contributed by atoms with Crippen molar-refractivity contribution < 1.29 is 0 Å². The van der Waals surface area contributed by atoms with Gasteiger partial charge < -0.3 is 15.5 Å². The van der Waals surface area contributed by atoms with Crippen molar-refractivity contribution in [3.8, 4) is 0 Å². The van der Waals surface area contributed by atoms with Crippen LogP contribution in [0.25, 0.3) is 0 Å². The van der Waals surface area contributed by atoms with Crippen LogP contribution in [0.5, 0.6) is 0 Å². The third kappa shape index (κ3) is 5.33. The van der Waals surface area contributed by atoms with Crippen LogP contribution in [0.4, 0.5) is 0 Å². The summed E-state index contributed by atoms with van der Waals surface area (Å²) in [5, 5.41) is 7.11. The molecule has 6 heteroatoms. The molecule has 0 radical (unpaired) electrons. The van der Waals surface area contributed by atoms with Gasteiger partial charge in [0.25, 0.3) is 0 Å². The third-order valence-corrected chi connectivity index (χ3v) is 5.48. The highest BCUT2D eigenvalue weighted by Crippen LogP contribution is 2.18. The molecular formula is C18H38N6. The van der Waals surface area contributed by atoms with Gasteiger partial charge in [0.05, 0.1) is 6.54 Å². The highest BCUT2D eigenvalue weighted by Gasteiger charge is 2.31. The number of piperazine rings is 1. The Balaban J connectivity index is 1.93. The molecule has 0 aromatic heterocycles. The second-order valence-electron chi connectivity index (χ2n) is 7.89. The lowest BCUT2D eigenvalue weighted by atomic mass is 10.1. The molecule has 0 aliphatic carbocycles. The van der Waals surface area contributed by atoms with Crippen LogP contribution in [0, 0.1) is 5.92 Å². The number of likely N-dealkylation sites (tertiary alicyclic amines) is 1. The molecule has 0 aromatic rings. The van der Waals surface area contributed by atoms with E-state index in [1.807, 2.05) is 0 Å². The number of aliphatic imine (C=N–C) groups is 1. The molecule has 0 aromatic carbocycles. The molecule has 0 bridgehead atoms. The SMILES string of the molecule is CCNC(=NCC1CN(C)CCN1C)NC1CN(C(C)C)CC1C. The Bertz CT molecular complexity index is 410. The van der Waals surface area contributed by atoms with Gasteiger partial charge in [-0.2, -0.15) is 0 Å². The van der Waals surface area contributed by atoms with Gasteiger partial charge in [-0.15, -0.1) is 0 Å². The minimum atomic E-state index is 0.483. The molecule has 0 amide bonds.